The predicted molar refractivity (Wildman–Crippen MR) is 86.9 cm³/mol. The highest BCUT2D eigenvalue weighted by Crippen LogP contribution is 2.33. The average molecular weight is 362 g/mol. The van der Waals surface area contributed by atoms with E-state index in [4.69, 9.17) is 4.74 Å². The molecule has 0 aliphatic heterocycles. The van der Waals surface area contributed by atoms with E-state index in [-0.39, 0.29) is 18.0 Å². The molecular weight excluding hydrogens is 349 g/mol. The van der Waals surface area contributed by atoms with E-state index in [1.54, 1.807) is 30.3 Å². The lowest BCUT2D eigenvalue weighted by atomic mass is 10.1. The molecule has 0 fully saturated rings. The van der Waals surface area contributed by atoms with Crippen molar-refractivity contribution in [3.8, 4) is 11.4 Å². The smallest absolute Gasteiger partial charge is 0.416 e. The maximum atomic E-state index is 13.0. The zero-order valence-corrected chi connectivity index (χ0v) is 13.3. The fourth-order valence-corrected chi connectivity index (χ4v) is 2.20. The third kappa shape index (κ3) is 4.18. The Labute approximate surface area is 146 Å². The van der Waals surface area contributed by atoms with E-state index in [9.17, 15) is 18.0 Å². The SMILES string of the molecule is O=C(COc1ccccc1)Nc1cc(C(F)(F)F)ccc1-n1cncn1. The molecule has 0 spiro atoms. The minimum absolute atomic E-state index is 0.0491. The Morgan fingerprint density at radius 1 is 1.15 bits per heavy atom. The fraction of sp³-hybridized carbons (Fsp3) is 0.118. The second kappa shape index (κ2) is 7.26. The van der Waals surface area contributed by atoms with Crippen molar-refractivity contribution in [2.24, 2.45) is 0 Å². The molecule has 0 aliphatic rings. The first-order chi connectivity index (χ1) is 12.4. The van der Waals surface area contributed by atoms with Gasteiger partial charge in [-0.2, -0.15) is 18.3 Å². The summed E-state index contributed by atoms with van der Waals surface area (Å²) in [6, 6.07) is 11.6. The van der Waals surface area contributed by atoms with E-state index < -0.39 is 17.6 Å². The van der Waals surface area contributed by atoms with Gasteiger partial charge in [0.25, 0.3) is 5.91 Å². The molecule has 0 unspecified atom stereocenters. The number of rotatable bonds is 5. The molecule has 0 bridgehead atoms. The van der Waals surface area contributed by atoms with E-state index in [1.165, 1.54) is 23.4 Å². The summed E-state index contributed by atoms with van der Waals surface area (Å²) in [6.45, 7) is -0.350. The summed E-state index contributed by atoms with van der Waals surface area (Å²) < 4.78 is 45.5. The number of halogens is 3. The lowest BCUT2D eigenvalue weighted by molar-refractivity contribution is -0.137. The molecule has 3 aromatic rings. The van der Waals surface area contributed by atoms with Crippen molar-refractivity contribution >= 4 is 11.6 Å². The van der Waals surface area contributed by atoms with Crippen molar-refractivity contribution in [2.75, 3.05) is 11.9 Å². The Kier molecular flexibility index (Phi) is 4.87. The van der Waals surface area contributed by atoms with E-state index in [0.717, 1.165) is 12.1 Å². The van der Waals surface area contributed by atoms with Crippen molar-refractivity contribution < 1.29 is 22.7 Å². The largest absolute Gasteiger partial charge is 0.484 e. The van der Waals surface area contributed by atoms with Crippen molar-refractivity contribution in [1.82, 2.24) is 14.8 Å². The number of hydrogen-bond donors (Lipinski definition) is 1. The molecule has 6 nitrogen and oxygen atoms in total. The average Bonchev–Trinajstić information content (AvgIpc) is 3.14. The van der Waals surface area contributed by atoms with Gasteiger partial charge in [0.2, 0.25) is 0 Å². The minimum atomic E-state index is -4.54. The molecule has 1 aromatic heterocycles. The summed E-state index contributed by atoms with van der Waals surface area (Å²) in [5.41, 5.74) is -0.684. The fourth-order valence-electron chi connectivity index (χ4n) is 2.20. The number of nitrogens with one attached hydrogen (secondary N) is 1. The van der Waals surface area contributed by atoms with Crippen LogP contribution in [0.3, 0.4) is 0 Å². The van der Waals surface area contributed by atoms with Gasteiger partial charge in [0.05, 0.1) is 16.9 Å². The quantitative estimate of drug-likeness (QED) is 0.756. The summed E-state index contributed by atoms with van der Waals surface area (Å²) in [6.07, 6.45) is -1.98. The first kappa shape index (κ1) is 17.5. The second-order valence-electron chi connectivity index (χ2n) is 5.22. The van der Waals surface area contributed by atoms with Gasteiger partial charge in [-0.05, 0) is 30.3 Å². The zero-order chi connectivity index (χ0) is 18.6. The maximum Gasteiger partial charge on any atom is 0.416 e. The van der Waals surface area contributed by atoms with Gasteiger partial charge in [-0.1, -0.05) is 18.2 Å². The van der Waals surface area contributed by atoms with Gasteiger partial charge in [-0.15, -0.1) is 0 Å². The highest BCUT2D eigenvalue weighted by molar-refractivity contribution is 5.94. The lowest BCUT2D eigenvalue weighted by Gasteiger charge is -2.14. The zero-order valence-electron chi connectivity index (χ0n) is 13.3. The molecule has 26 heavy (non-hydrogen) atoms. The van der Waals surface area contributed by atoms with Gasteiger partial charge < -0.3 is 10.1 Å². The standard InChI is InChI=1S/C17H13F3N4O2/c18-17(19,20)12-6-7-15(24-11-21-10-22-24)14(8-12)23-16(25)9-26-13-4-2-1-3-5-13/h1-8,10-11H,9H2,(H,23,25). The van der Waals surface area contributed by atoms with Crippen LogP contribution in [0.15, 0.2) is 61.2 Å². The maximum absolute atomic E-state index is 13.0. The number of aromatic nitrogens is 3. The number of amides is 1. The third-order valence-electron chi connectivity index (χ3n) is 3.38. The molecule has 0 saturated heterocycles. The Bertz CT molecular complexity index is 881. The van der Waals surface area contributed by atoms with Crippen LogP contribution >= 0.6 is 0 Å². The number of carbonyl (C=O) groups excluding carboxylic acids is 1. The van der Waals surface area contributed by atoms with Gasteiger partial charge >= 0.3 is 6.18 Å². The number of benzene rings is 2. The van der Waals surface area contributed by atoms with E-state index >= 15 is 0 Å². The molecule has 1 N–H and O–H groups in total. The van der Waals surface area contributed by atoms with Crippen molar-refractivity contribution in [3.05, 3.63) is 66.7 Å². The molecular formula is C17H13F3N4O2. The van der Waals surface area contributed by atoms with Gasteiger partial charge in [0.15, 0.2) is 6.61 Å². The first-order valence-electron chi connectivity index (χ1n) is 7.47. The number of nitrogens with zero attached hydrogens (tertiary/aromatic N) is 3. The van der Waals surface area contributed by atoms with Crippen molar-refractivity contribution in [2.45, 2.75) is 6.18 Å². The Morgan fingerprint density at radius 2 is 1.92 bits per heavy atom. The Balaban J connectivity index is 1.81. The van der Waals surface area contributed by atoms with E-state index in [2.05, 4.69) is 15.4 Å². The minimum Gasteiger partial charge on any atom is -0.484 e. The topological polar surface area (TPSA) is 69.0 Å². The van der Waals surface area contributed by atoms with Crippen LogP contribution in [0.5, 0.6) is 5.75 Å². The Hall–Kier alpha value is -3.36. The van der Waals surface area contributed by atoms with E-state index in [1.807, 2.05) is 0 Å². The van der Waals surface area contributed by atoms with Crippen LogP contribution in [-0.2, 0) is 11.0 Å². The Morgan fingerprint density at radius 3 is 2.58 bits per heavy atom. The summed E-state index contributed by atoms with van der Waals surface area (Å²) >= 11 is 0. The molecule has 1 heterocycles. The number of carbonyl (C=O) groups is 1. The molecule has 3 rings (SSSR count). The number of anilines is 1. The molecule has 0 saturated carbocycles. The van der Waals surface area contributed by atoms with Gasteiger partial charge in [0.1, 0.15) is 18.4 Å². The van der Waals surface area contributed by atoms with Crippen LogP contribution in [0.2, 0.25) is 0 Å². The number of para-hydroxylation sites is 1. The summed E-state index contributed by atoms with van der Waals surface area (Å²) in [5, 5.41) is 6.31. The molecule has 134 valence electrons. The van der Waals surface area contributed by atoms with Gasteiger partial charge in [0, 0.05) is 0 Å². The van der Waals surface area contributed by atoms with Crippen LogP contribution < -0.4 is 10.1 Å². The monoisotopic (exact) mass is 362 g/mol. The van der Waals surface area contributed by atoms with Crippen molar-refractivity contribution in [3.63, 3.8) is 0 Å². The highest BCUT2D eigenvalue weighted by Gasteiger charge is 2.31. The predicted octanol–water partition coefficient (Wildman–Crippen LogP) is 3.30. The first-order valence-corrected chi connectivity index (χ1v) is 7.47. The van der Waals surface area contributed by atoms with Crippen LogP contribution in [-0.4, -0.2) is 27.3 Å². The van der Waals surface area contributed by atoms with E-state index in [0.29, 0.717) is 5.75 Å². The molecule has 0 radical (unpaired) electrons. The number of ether oxygens (including phenoxy) is 1. The lowest BCUT2D eigenvalue weighted by Crippen LogP contribution is -2.21. The van der Waals surface area contributed by atoms with Crippen LogP contribution in [0.25, 0.3) is 5.69 Å². The number of hydrogen-bond acceptors (Lipinski definition) is 4. The van der Waals surface area contributed by atoms with Crippen LogP contribution in [0, 0.1) is 0 Å². The summed E-state index contributed by atoms with van der Waals surface area (Å²) in [4.78, 5) is 15.9. The van der Waals surface area contributed by atoms with Crippen molar-refractivity contribution in [1.29, 1.82) is 0 Å². The van der Waals surface area contributed by atoms with Crippen LogP contribution in [0.4, 0.5) is 18.9 Å². The number of alkyl halides is 3. The highest BCUT2D eigenvalue weighted by atomic mass is 19.4. The van der Waals surface area contributed by atoms with Gasteiger partial charge in [-0.3, -0.25) is 4.79 Å². The molecule has 2 aromatic carbocycles. The summed E-state index contributed by atoms with van der Waals surface area (Å²) in [5.74, 6) is -0.127. The van der Waals surface area contributed by atoms with Crippen LogP contribution in [0.1, 0.15) is 5.56 Å². The second-order valence-corrected chi connectivity index (χ2v) is 5.22. The summed E-state index contributed by atoms with van der Waals surface area (Å²) in [7, 11) is 0. The molecule has 9 heteroatoms. The molecule has 0 aliphatic carbocycles. The van der Waals surface area contributed by atoms with Gasteiger partial charge in [-0.25, -0.2) is 9.67 Å². The third-order valence-corrected chi connectivity index (χ3v) is 3.38. The normalized spacial score (nSPS) is 11.2. The molecule has 0 atom stereocenters. The molecule has 1 amide bonds.